The monoisotopic (exact) mass is 568 g/mol. The van der Waals surface area contributed by atoms with E-state index in [-0.39, 0.29) is 23.6 Å². The zero-order valence-electron chi connectivity index (χ0n) is 24.1. The van der Waals surface area contributed by atoms with E-state index in [1.807, 2.05) is 45.0 Å². The average molecular weight is 569 g/mol. The number of halogens is 3. The summed E-state index contributed by atoms with van der Waals surface area (Å²) in [5.41, 5.74) is 1.94. The van der Waals surface area contributed by atoms with Gasteiger partial charge in [0.25, 0.3) is 0 Å². The molecule has 1 fully saturated rings. The first-order chi connectivity index (χ1) is 19.3. The van der Waals surface area contributed by atoms with Gasteiger partial charge in [0.2, 0.25) is 5.91 Å². The van der Waals surface area contributed by atoms with Crippen LogP contribution in [0.15, 0.2) is 67.0 Å². The Labute approximate surface area is 240 Å². The van der Waals surface area contributed by atoms with Gasteiger partial charge < -0.3 is 10.4 Å². The number of aryl methyl sites for hydroxylation is 1. The lowest BCUT2D eigenvalue weighted by Gasteiger charge is -2.41. The number of aliphatic hydroxyl groups is 1. The Hall–Kier alpha value is -3.27. The molecule has 1 aliphatic rings. The quantitative estimate of drug-likeness (QED) is 0.361. The zero-order chi connectivity index (χ0) is 29.8. The molecule has 0 saturated carbocycles. The number of nitrogens with one attached hydrogen (secondary N) is 1. The van der Waals surface area contributed by atoms with E-state index in [2.05, 4.69) is 26.2 Å². The van der Waals surface area contributed by atoms with Crippen LogP contribution < -0.4 is 5.32 Å². The molecule has 0 aliphatic carbocycles. The van der Waals surface area contributed by atoms with Crippen LogP contribution in [0.2, 0.25) is 0 Å². The van der Waals surface area contributed by atoms with Crippen LogP contribution in [0, 0.1) is 6.92 Å². The highest BCUT2D eigenvalue weighted by Crippen LogP contribution is 2.39. The SMILES string of the molecule is Cc1cc(CN2CCN(Cc3ccncc3)[C@@H](CC(=O)NC(C)C)C2)ccc1-c1ccc(C(C)(O)C(F)(F)F)cc1. The molecule has 1 unspecified atom stereocenters. The molecule has 220 valence electrons. The summed E-state index contributed by atoms with van der Waals surface area (Å²) < 4.78 is 39.7. The zero-order valence-corrected chi connectivity index (χ0v) is 24.1. The molecule has 2 heterocycles. The molecular formula is C32H39F3N4O2. The standard InChI is InChI=1S/C32H39F3N4O2/c1-22(2)37-30(40)18-28-21-38(15-16-39(28)20-24-11-13-36-14-12-24)19-25-5-10-29(23(3)17-25)26-6-8-27(9-7-26)31(4,41)32(33,34)35/h5-14,17,22,28,41H,15-16,18-21H2,1-4H3,(H,37,40)/t28-,31?/m0/s1. The topological polar surface area (TPSA) is 68.7 Å². The van der Waals surface area contributed by atoms with Gasteiger partial charge in [-0.25, -0.2) is 0 Å². The summed E-state index contributed by atoms with van der Waals surface area (Å²) >= 11 is 0. The van der Waals surface area contributed by atoms with Gasteiger partial charge in [0.05, 0.1) is 0 Å². The third kappa shape index (κ3) is 7.72. The smallest absolute Gasteiger partial charge is 0.376 e. The highest BCUT2D eigenvalue weighted by molar-refractivity contribution is 5.76. The van der Waals surface area contributed by atoms with Crippen LogP contribution >= 0.6 is 0 Å². The maximum atomic E-state index is 13.2. The first-order valence-corrected chi connectivity index (χ1v) is 14.0. The van der Waals surface area contributed by atoms with Crippen LogP contribution in [0.3, 0.4) is 0 Å². The Morgan fingerprint density at radius 2 is 1.71 bits per heavy atom. The molecule has 0 spiro atoms. The van der Waals surface area contributed by atoms with Gasteiger partial charge in [-0.05, 0) is 73.2 Å². The highest BCUT2D eigenvalue weighted by atomic mass is 19.4. The van der Waals surface area contributed by atoms with E-state index < -0.39 is 11.8 Å². The van der Waals surface area contributed by atoms with Gasteiger partial charge >= 0.3 is 6.18 Å². The Morgan fingerprint density at radius 1 is 1.02 bits per heavy atom. The number of carbonyl (C=O) groups excluding carboxylic acids is 1. The van der Waals surface area contributed by atoms with Crippen molar-refractivity contribution >= 4 is 5.91 Å². The largest absolute Gasteiger partial charge is 0.421 e. The Bertz CT molecular complexity index is 1310. The van der Waals surface area contributed by atoms with Gasteiger partial charge in [-0.1, -0.05) is 42.5 Å². The van der Waals surface area contributed by atoms with E-state index in [9.17, 15) is 23.1 Å². The van der Waals surface area contributed by atoms with Crippen LogP contribution in [0.25, 0.3) is 11.1 Å². The summed E-state index contributed by atoms with van der Waals surface area (Å²) in [6.07, 6.45) is -0.750. The highest BCUT2D eigenvalue weighted by Gasteiger charge is 2.51. The second-order valence-electron chi connectivity index (χ2n) is 11.4. The Balaban J connectivity index is 1.45. The fourth-order valence-corrected chi connectivity index (χ4v) is 5.36. The number of pyridine rings is 1. The van der Waals surface area contributed by atoms with Gasteiger partial charge in [-0.2, -0.15) is 13.2 Å². The van der Waals surface area contributed by atoms with E-state index >= 15 is 0 Å². The number of alkyl halides is 3. The summed E-state index contributed by atoms with van der Waals surface area (Å²) in [4.78, 5) is 21.5. The predicted octanol–water partition coefficient (Wildman–Crippen LogP) is 5.43. The number of amides is 1. The lowest BCUT2D eigenvalue weighted by Crippen LogP contribution is -2.53. The Kier molecular flexibility index (Phi) is 9.51. The van der Waals surface area contributed by atoms with Crippen molar-refractivity contribution in [3.63, 3.8) is 0 Å². The Morgan fingerprint density at radius 3 is 2.32 bits per heavy atom. The van der Waals surface area contributed by atoms with Crippen molar-refractivity contribution in [2.24, 2.45) is 0 Å². The van der Waals surface area contributed by atoms with Crippen molar-refractivity contribution in [1.29, 1.82) is 0 Å². The molecule has 9 heteroatoms. The lowest BCUT2D eigenvalue weighted by atomic mass is 9.92. The number of piperazine rings is 1. The number of hydrogen-bond donors (Lipinski definition) is 2. The summed E-state index contributed by atoms with van der Waals surface area (Å²) in [5, 5.41) is 13.0. The molecule has 0 bridgehead atoms. The maximum Gasteiger partial charge on any atom is 0.421 e. The van der Waals surface area contributed by atoms with E-state index in [0.29, 0.717) is 6.42 Å². The normalized spacial score (nSPS) is 18.3. The van der Waals surface area contributed by atoms with E-state index in [1.165, 1.54) is 17.7 Å². The molecule has 1 saturated heterocycles. The number of hydrogen-bond acceptors (Lipinski definition) is 5. The summed E-state index contributed by atoms with van der Waals surface area (Å²) in [5.74, 6) is 0.0505. The average Bonchev–Trinajstić information content (AvgIpc) is 2.90. The third-order valence-electron chi connectivity index (χ3n) is 7.70. The summed E-state index contributed by atoms with van der Waals surface area (Å²) in [7, 11) is 0. The molecule has 1 aromatic heterocycles. The van der Waals surface area contributed by atoms with Crippen molar-refractivity contribution < 1.29 is 23.1 Å². The van der Waals surface area contributed by atoms with Gasteiger partial charge in [-0.3, -0.25) is 19.6 Å². The molecule has 3 aromatic rings. The van der Waals surface area contributed by atoms with Crippen LogP contribution in [-0.2, 0) is 23.5 Å². The molecule has 2 aromatic carbocycles. The van der Waals surface area contributed by atoms with E-state index in [4.69, 9.17) is 0 Å². The molecule has 1 amide bonds. The molecule has 6 nitrogen and oxygen atoms in total. The minimum absolute atomic E-state index is 0.0505. The van der Waals surface area contributed by atoms with Crippen LogP contribution in [0.5, 0.6) is 0 Å². The number of rotatable bonds is 9. The fraction of sp³-hybridized carbons (Fsp3) is 0.438. The number of carbonyl (C=O) groups is 1. The second kappa shape index (κ2) is 12.7. The van der Waals surface area contributed by atoms with Gasteiger partial charge in [0, 0.05) is 63.6 Å². The van der Waals surface area contributed by atoms with Crippen LogP contribution in [-0.4, -0.2) is 63.7 Å². The number of benzene rings is 2. The lowest BCUT2D eigenvalue weighted by molar-refractivity contribution is -0.258. The van der Waals surface area contributed by atoms with Gasteiger partial charge in [-0.15, -0.1) is 0 Å². The van der Waals surface area contributed by atoms with Crippen molar-refractivity contribution in [3.8, 4) is 11.1 Å². The van der Waals surface area contributed by atoms with Crippen molar-refractivity contribution in [2.45, 2.75) is 71.1 Å². The number of nitrogens with zero attached hydrogens (tertiary/aromatic N) is 3. The van der Waals surface area contributed by atoms with Crippen molar-refractivity contribution in [2.75, 3.05) is 19.6 Å². The fourth-order valence-electron chi connectivity index (χ4n) is 5.36. The van der Waals surface area contributed by atoms with E-state index in [1.54, 1.807) is 24.5 Å². The first kappa shape index (κ1) is 30.7. The predicted molar refractivity (Wildman–Crippen MR) is 154 cm³/mol. The van der Waals surface area contributed by atoms with Gasteiger partial charge in [0.15, 0.2) is 5.60 Å². The minimum Gasteiger partial charge on any atom is -0.376 e. The van der Waals surface area contributed by atoms with E-state index in [0.717, 1.165) is 61.9 Å². The third-order valence-corrected chi connectivity index (χ3v) is 7.70. The maximum absolute atomic E-state index is 13.2. The van der Waals surface area contributed by atoms with Crippen molar-refractivity contribution in [1.82, 2.24) is 20.1 Å². The molecule has 2 N–H and O–H groups in total. The molecule has 4 rings (SSSR count). The number of aromatic nitrogens is 1. The summed E-state index contributed by atoms with van der Waals surface area (Å²) in [6, 6.07) is 16.2. The van der Waals surface area contributed by atoms with Crippen LogP contribution in [0.4, 0.5) is 13.2 Å². The van der Waals surface area contributed by atoms with Gasteiger partial charge in [0.1, 0.15) is 0 Å². The van der Waals surface area contributed by atoms with Crippen molar-refractivity contribution in [3.05, 3.63) is 89.2 Å². The summed E-state index contributed by atoms with van der Waals surface area (Å²) in [6.45, 7) is 10.7. The molecule has 41 heavy (non-hydrogen) atoms. The molecule has 1 aliphatic heterocycles. The molecule has 0 radical (unpaired) electrons. The first-order valence-electron chi connectivity index (χ1n) is 14.0. The molecule has 2 atom stereocenters. The second-order valence-corrected chi connectivity index (χ2v) is 11.4. The minimum atomic E-state index is -4.76. The van der Waals surface area contributed by atoms with Crippen LogP contribution in [0.1, 0.15) is 49.4 Å². The molecular weight excluding hydrogens is 529 g/mol.